The molecule has 2 unspecified atom stereocenters. The van der Waals surface area contributed by atoms with Gasteiger partial charge in [0.1, 0.15) is 0 Å². The fraction of sp³-hybridized carbons (Fsp3) is 0.538. The van der Waals surface area contributed by atoms with Crippen LogP contribution in [0.1, 0.15) is 12.5 Å². The molecule has 1 aliphatic rings. The van der Waals surface area contributed by atoms with Gasteiger partial charge in [-0.1, -0.05) is 12.1 Å². The van der Waals surface area contributed by atoms with Gasteiger partial charge in [0.2, 0.25) is 0 Å². The van der Waals surface area contributed by atoms with Gasteiger partial charge in [-0.05, 0) is 28.4 Å². The molecule has 1 aromatic carbocycles. The Kier molecular flexibility index (Phi) is 5.09. The molecule has 6 nitrogen and oxygen atoms in total. The van der Waals surface area contributed by atoms with Crippen LogP contribution in [0, 0.1) is 10.1 Å². The second-order valence-electron chi connectivity index (χ2n) is 4.95. The lowest BCUT2D eigenvalue weighted by Gasteiger charge is -2.36. The Morgan fingerprint density at radius 1 is 1.55 bits per heavy atom. The summed E-state index contributed by atoms with van der Waals surface area (Å²) in [6.07, 6.45) is -0.158. The smallest absolute Gasteiger partial charge is 0.283 e. The van der Waals surface area contributed by atoms with Gasteiger partial charge in [0.15, 0.2) is 0 Å². The number of nitrogens with zero attached hydrogens (tertiary/aromatic N) is 2. The normalized spacial score (nSPS) is 23.8. The molecule has 1 N–H and O–H groups in total. The van der Waals surface area contributed by atoms with Crippen molar-refractivity contribution in [3.8, 4) is 0 Å². The number of hydrogen-bond donors (Lipinski definition) is 1. The van der Waals surface area contributed by atoms with Crippen LogP contribution in [0.25, 0.3) is 0 Å². The van der Waals surface area contributed by atoms with Gasteiger partial charge in [-0.15, -0.1) is 0 Å². The number of hydrogen-bond acceptors (Lipinski definition) is 5. The lowest BCUT2D eigenvalue weighted by molar-refractivity contribution is -0.385. The molecule has 0 radical (unpaired) electrons. The maximum atomic E-state index is 10.9. The molecular weight excluding hydrogens is 328 g/mol. The van der Waals surface area contributed by atoms with Crippen LogP contribution < -0.4 is 0 Å². The van der Waals surface area contributed by atoms with Crippen molar-refractivity contribution < 1.29 is 14.8 Å². The van der Waals surface area contributed by atoms with Gasteiger partial charge in [-0.25, -0.2) is 0 Å². The molecule has 1 saturated heterocycles. The van der Waals surface area contributed by atoms with Gasteiger partial charge >= 0.3 is 0 Å². The Hall–Kier alpha value is -1.02. The Morgan fingerprint density at radius 3 is 2.95 bits per heavy atom. The van der Waals surface area contributed by atoms with E-state index in [1.807, 2.05) is 13.0 Å². The Balaban J connectivity index is 2.13. The van der Waals surface area contributed by atoms with E-state index in [1.54, 1.807) is 6.07 Å². The van der Waals surface area contributed by atoms with Crippen LogP contribution in [0.4, 0.5) is 5.69 Å². The van der Waals surface area contributed by atoms with Crippen LogP contribution in [0.15, 0.2) is 22.7 Å². The maximum Gasteiger partial charge on any atom is 0.283 e. The van der Waals surface area contributed by atoms with Crippen LogP contribution in [0.3, 0.4) is 0 Å². The van der Waals surface area contributed by atoms with Crippen molar-refractivity contribution in [1.82, 2.24) is 4.90 Å². The van der Waals surface area contributed by atoms with E-state index in [9.17, 15) is 15.2 Å². The molecule has 0 aromatic heterocycles. The Labute approximate surface area is 125 Å². The van der Waals surface area contributed by atoms with Crippen LogP contribution in [0.5, 0.6) is 0 Å². The molecular formula is C13H17BrN2O4. The first kappa shape index (κ1) is 15.4. The second-order valence-corrected chi connectivity index (χ2v) is 5.75. The fourth-order valence-corrected chi connectivity index (χ4v) is 2.98. The molecule has 0 amide bonds. The monoisotopic (exact) mass is 344 g/mol. The Bertz CT molecular complexity index is 497. The average Bonchev–Trinajstić information content (AvgIpc) is 2.40. The minimum Gasteiger partial charge on any atom is -0.394 e. The van der Waals surface area contributed by atoms with E-state index in [0.29, 0.717) is 17.6 Å². The zero-order valence-corrected chi connectivity index (χ0v) is 12.7. The van der Waals surface area contributed by atoms with Crippen LogP contribution in [-0.4, -0.2) is 46.8 Å². The molecule has 2 rings (SSSR count). The first-order valence-electron chi connectivity index (χ1n) is 6.41. The van der Waals surface area contributed by atoms with Gasteiger partial charge in [0.25, 0.3) is 5.69 Å². The zero-order valence-electron chi connectivity index (χ0n) is 11.2. The summed E-state index contributed by atoms with van der Waals surface area (Å²) < 4.78 is 6.10. The standard InChI is InChI=1S/C13H17BrN2O4/c1-9-5-15(7-11(8-17)20-9)6-10-3-2-4-12(13(10)14)16(18)19/h2-4,9,11,17H,5-8H2,1H3. The van der Waals surface area contributed by atoms with Crippen LogP contribution in [0.2, 0.25) is 0 Å². The highest BCUT2D eigenvalue weighted by Gasteiger charge is 2.26. The van der Waals surface area contributed by atoms with Crippen molar-refractivity contribution in [2.45, 2.75) is 25.7 Å². The third kappa shape index (κ3) is 3.54. The van der Waals surface area contributed by atoms with Crippen molar-refractivity contribution in [2.75, 3.05) is 19.7 Å². The van der Waals surface area contributed by atoms with Gasteiger partial charge < -0.3 is 9.84 Å². The topological polar surface area (TPSA) is 75.8 Å². The summed E-state index contributed by atoms with van der Waals surface area (Å²) in [5.41, 5.74) is 0.938. The molecule has 1 heterocycles. The lowest BCUT2D eigenvalue weighted by Crippen LogP contribution is -2.47. The lowest BCUT2D eigenvalue weighted by atomic mass is 10.1. The van der Waals surface area contributed by atoms with E-state index < -0.39 is 4.92 Å². The summed E-state index contributed by atoms with van der Waals surface area (Å²) in [6.45, 7) is 3.89. The summed E-state index contributed by atoms with van der Waals surface area (Å²) in [4.78, 5) is 12.7. The highest BCUT2D eigenvalue weighted by molar-refractivity contribution is 9.10. The minimum absolute atomic E-state index is 0.0169. The van der Waals surface area contributed by atoms with Crippen molar-refractivity contribution in [3.63, 3.8) is 0 Å². The molecule has 2 atom stereocenters. The molecule has 0 spiro atoms. The van der Waals surface area contributed by atoms with Crippen molar-refractivity contribution >= 4 is 21.6 Å². The van der Waals surface area contributed by atoms with Gasteiger partial charge in [0, 0.05) is 25.7 Å². The van der Waals surface area contributed by atoms with Gasteiger partial charge in [0.05, 0.1) is 28.2 Å². The number of benzene rings is 1. The third-order valence-corrected chi connectivity index (χ3v) is 4.17. The molecule has 1 aromatic rings. The minimum atomic E-state index is -0.397. The highest BCUT2D eigenvalue weighted by atomic mass is 79.9. The number of rotatable bonds is 4. The quantitative estimate of drug-likeness (QED) is 0.667. The van der Waals surface area contributed by atoms with Crippen molar-refractivity contribution in [2.24, 2.45) is 0 Å². The SMILES string of the molecule is CC1CN(Cc2cccc([N+](=O)[O-])c2Br)CC(CO)O1. The number of morpholine rings is 1. The third-order valence-electron chi connectivity index (χ3n) is 3.25. The van der Waals surface area contributed by atoms with E-state index in [4.69, 9.17) is 4.74 Å². The summed E-state index contributed by atoms with van der Waals surface area (Å²) in [5, 5.41) is 20.1. The van der Waals surface area contributed by atoms with Gasteiger partial charge in [-0.3, -0.25) is 15.0 Å². The molecule has 0 aliphatic carbocycles. The van der Waals surface area contributed by atoms with E-state index >= 15 is 0 Å². The number of aliphatic hydroxyl groups is 1. The molecule has 0 saturated carbocycles. The van der Waals surface area contributed by atoms with Gasteiger partial charge in [-0.2, -0.15) is 0 Å². The van der Waals surface area contributed by atoms with Crippen molar-refractivity contribution in [1.29, 1.82) is 0 Å². The molecule has 0 bridgehead atoms. The molecule has 20 heavy (non-hydrogen) atoms. The first-order valence-corrected chi connectivity index (χ1v) is 7.21. The summed E-state index contributed by atoms with van der Waals surface area (Å²) >= 11 is 3.31. The number of nitro groups is 1. The Morgan fingerprint density at radius 2 is 2.30 bits per heavy atom. The zero-order chi connectivity index (χ0) is 14.7. The first-order chi connectivity index (χ1) is 9.51. The summed E-state index contributed by atoms with van der Waals surface area (Å²) in [5.74, 6) is 0. The number of aliphatic hydroxyl groups excluding tert-OH is 1. The van der Waals surface area contributed by atoms with E-state index in [0.717, 1.165) is 12.1 Å². The molecule has 7 heteroatoms. The van der Waals surface area contributed by atoms with E-state index in [1.165, 1.54) is 6.07 Å². The average molecular weight is 345 g/mol. The predicted molar refractivity (Wildman–Crippen MR) is 77.5 cm³/mol. The molecule has 110 valence electrons. The summed E-state index contributed by atoms with van der Waals surface area (Å²) in [7, 11) is 0. The van der Waals surface area contributed by atoms with E-state index in [-0.39, 0.29) is 24.5 Å². The number of ether oxygens (including phenoxy) is 1. The number of nitro benzene ring substituents is 1. The largest absolute Gasteiger partial charge is 0.394 e. The highest BCUT2D eigenvalue weighted by Crippen LogP contribution is 2.29. The predicted octanol–water partition coefficient (Wildman–Crippen LogP) is 1.94. The van der Waals surface area contributed by atoms with Crippen molar-refractivity contribution in [3.05, 3.63) is 38.3 Å². The molecule has 1 aliphatic heterocycles. The second kappa shape index (κ2) is 6.62. The van der Waals surface area contributed by atoms with Crippen LogP contribution in [-0.2, 0) is 11.3 Å². The summed E-state index contributed by atoms with van der Waals surface area (Å²) in [6, 6.07) is 5.03. The number of halogens is 1. The van der Waals surface area contributed by atoms with Crippen LogP contribution >= 0.6 is 15.9 Å². The maximum absolute atomic E-state index is 10.9. The van der Waals surface area contributed by atoms with E-state index in [2.05, 4.69) is 20.8 Å². The molecule has 1 fully saturated rings. The fourth-order valence-electron chi connectivity index (χ4n) is 2.44.